The number of ether oxygens (including phenoxy) is 11. The van der Waals surface area contributed by atoms with Crippen molar-refractivity contribution < 1.29 is 61.7 Å². The van der Waals surface area contributed by atoms with Gasteiger partial charge in [0, 0.05) is 23.6 Å². The molecule has 52 heavy (non-hydrogen) atoms. The van der Waals surface area contributed by atoms with E-state index in [1.165, 1.54) is 81.1 Å². The first kappa shape index (κ1) is 39.3. The van der Waals surface area contributed by atoms with Gasteiger partial charge in [-0.25, -0.2) is 4.79 Å². The summed E-state index contributed by atoms with van der Waals surface area (Å²) < 4.78 is 62.3. The number of carbonyl (C=O) groups excluding carboxylic acids is 2. The number of rotatable bonds is 18. The third-order valence-electron chi connectivity index (χ3n) is 8.01. The van der Waals surface area contributed by atoms with Gasteiger partial charge in [-0.05, 0) is 57.9 Å². The normalized spacial score (nSPS) is 11.1. The van der Waals surface area contributed by atoms with Crippen LogP contribution in [0, 0.1) is 0 Å². The molecule has 0 fully saturated rings. The van der Waals surface area contributed by atoms with Crippen LogP contribution in [-0.4, -0.2) is 81.8 Å². The molecule has 4 aromatic rings. The van der Waals surface area contributed by atoms with Crippen molar-refractivity contribution in [2.75, 3.05) is 64.0 Å². The van der Waals surface area contributed by atoms with Crippen molar-refractivity contribution in [3.05, 3.63) is 81.3 Å². The number of hydrogen-bond acceptors (Lipinski definition) is 13. The molecule has 0 aliphatic heterocycles. The SMILES string of the molecule is COc1ccc(COc2c(Br)c(OC)cc(OC)c2CC(OC(=O)c2cc(OC)c(OC)c(OC)c2)C(=O)c2cc(OC)c(OC)c(OC)c2)cc1. The molecule has 1 atom stereocenters. The largest absolute Gasteiger partial charge is 0.497 e. The van der Waals surface area contributed by atoms with E-state index in [2.05, 4.69) is 15.9 Å². The molecule has 0 saturated heterocycles. The van der Waals surface area contributed by atoms with Crippen molar-refractivity contribution in [3.63, 3.8) is 0 Å². The van der Waals surface area contributed by atoms with Crippen LogP contribution in [0.4, 0.5) is 0 Å². The van der Waals surface area contributed by atoms with Crippen molar-refractivity contribution in [1.82, 2.24) is 0 Å². The minimum absolute atomic E-state index is 0.0380. The summed E-state index contributed by atoms with van der Waals surface area (Å²) in [6.07, 6.45) is -1.65. The lowest BCUT2D eigenvalue weighted by Crippen LogP contribution is -2.30. The number of halogens is 1. The molecule has 0 bridgehead atoms. The molecule has 1 unspecified atom stereocenters. The minimum atomic E-state index is -1.45. The average Bonchev–Trinajstić information content (AvgIpc) is 3.18. The number of carbonyl (C=O) groups is 2. The zero-order chi connectivity index (χ0) is 37.9. The molecule has 278 valence electrons. The van der Waals surface area contributed by atoms with Crippen LogP contribution in [0.1, 0.15) is 31.8 Å². The Hall–Kier alpha value is -5.50. The maximum atomic E-state index is 14.5. The molecule has 4 aromatic carbocycles. The topological polar surface area (TPSA) is 136 Å². The fourth-order valence-electron chi connectivity index (χ4n) is 5.36. The molecule has 0 saturated carbocycles. The van der Waals surface area contributed by atoms with E-state index in [0.717, 1.165) is 5.56 Å². The van der Waals surface area contributed by atoms with Crippen LogP contribution in [0.15, 0.2) is 59.1 Å². The highest BCUT2D eigenvalue weighted by atomic mass is 79.9. The van der Waals surface area contributed by atoms with Crippen LogP contribution in [0.3, 0.4) is 0 Å². The first-order chi connectivity index (χ1) is 25.1. The van der Waals surface area contributed by atoms with Gasteiger partial charge in [-0.3, -0.25) is 4.79 Å². The first-order valence-corrected chi connectivity index (χ1v) is 16.4. The second-order valence-corrected chi connectivity index (χ2v) is 11.6. The Morgan fingerprint density at radius 1 is 0.558 bits per heavy atom. The molecular weight excluding hydrogens is 744 g/mol. The van der Waals surface area contributed by atoms with Gasteiger partial charge in [0.05, 0.1) is 69.6 Å². The third-order valence-corrected chi connectivity index (χ3v) is 8.76. The zero-order valence-electron chi connectivity index (χ0n) is 30.4. The van der Waals surface area contributed by atoms with Crippen molar-refractivity contribution >= 4 is 27.7 Å². The molecule has 13 nitrogen and oxygen atoms in total. The highest BCUT2D eigenvalue weighted by molar-refractivity contribution is 9.10. The van der Waals surface area contributed by atoms with E-state index >= 15 is 0 Å². The molecule has 0 aromatic heterocycles. The van der Waals surface area contributed by atoms with Crippen LogP contribution >= 0.6 is 15.9 Å². The van der Waals surface area contributed by atoms with Crippen molar-refractivity contribution in [1.29, 1.82) is 0 Å². The van der Waals surface area contributed by atoms with E-state index < -0.39 is 17.9 Å². The van der Waals surface area contributed by atoms with E-state index in [1.807, 2.05) is 24.3 Å². The van der Waals surface area contributed by atoms with Gasteiger partial charge in [-0.1, -0.05) is 12.1 Å². The van der Waals surface area contributed by atoms with Gasteiger partial charge in [-0.15, -0.1) is 0 Å². The van der Waals surface area contributed by atoms with Crippen LogP contribution in [0.2, 0.25) is 0 Å². The second-order valence-electron chi connectivity index (χ2n) is 10.8. The Bertz CT molecular complexity index is 1820. The maximum absolute atomic E-state index is 14.5. The Kier molecular flexibility index (Phi) is 13.7. The van der Waals surface area contributed by atoms with E-state index in [-0.39, 0.29) is 58.7 Å². The summed E-state index contributed by atoms with van der Waals surface area (Å²) in [6.45, 7) is 0.128. The van der Waals surface area contributed by atoms with E-state index in [1.54, 1.807) is 13.2 Å². The number of hydrogen-bond donors (Lipinski definition) is 0. The van der Waals surface area contributed by atoms with Gasteiger partial charge in [-0.2, -0.15) is 0 Å². The summed E-state index contributed by atoms with van der Waals surface area (Å²) in [6, 6.07) is 14.8. The summed E-state index contributed by atoms with van der Waals surface area (Å²) in [4.78, 5) is 28.5. The Morgan fingerprint density at radius 2 is 1.04 bits per heavy atom. The number of benzene rings is 4. The van der Waals surface area contributed by atoms with Crippen molar-refractivity contribution in [2.24, 2.45) is 0 Å². The van der Waals surface area contributed by atoms with Crippen molar-refractivity contribution in [3.8, 4) is 57.5 Å². The Labute approximate surface area is 310 Å². The van der Waals surface area contributed by atoms with E-state index in [9.17, 15) is 9.59 Å². The lowest BCUT2D eigenvalue weighted by atomic mass is 9.97. The Balaban J connectivity index is 1.86. The molecule has 0 radical (unpaired) electrons. The van der Waals surface area contributed by atoms with Crippen LogP contribution in [0.25, 0.3) is 0 Å². The summed E-state index contributed by atoms with van der Waals surface area (Å²) in [5.41, 5.74) is 1.40. The van der Waals surface area contributed by atoms with Crippen LogP contribution in [-0.2, 0) is 17.8 Å². The minimum Gasteiger partial charge on any atom is -0.497 e. The lowest BCUT2D eigenvalue weighted by molar-refractivity contribution is 0.0281. The third kappa shape index (κ3) is 8.51. The van der Waals surface area contributed by atoms with Crippen LogP contribution < -0.4 is 47.4 Å². The predicted octanol–water partition coefficient (Wildman–Crippen LogP) is 6.76. The summed E-state index contributed by atoms with van der Waals surface area (Å²) in [5, 5.41) is 0. The van der Waals surface area contributed by atoms with E-state index in [0.29, 0.717) is 33.0 Å². The standard InChI is InChI=1S/C38H41BrO13/c1-42-24-12-10-21(11-13-24)20-51-35-25(26(43-2)19-27(44-3)33(35)39)18-28(34(40)22-14-29(45-4)36(49-8)30(15-22)46-5)52-38(41)23-16-31(47-6)37(50-9)32(17-23)48-7/h10-17,19,28H,18,20H2,1-9H3. The van der Waals surface area contributed by atoms with Crippen molar-refractivity contribution in [2.45, 2.75) is 19.1 Å². The maximum Gasteiger partial charge on any atom is 0.339 e. The number of methoxy groups -OCH3 is 9. The molecule has 0 aliphatic rings. The molecule has 0 aliphatic carbocycles. The first-order valence-electron chi connectivity index (χ1n) is 15.7. The summed E-state index contributed by atoms with van der Waals surface area (Å²) in [5.74, 6) is 1.74. The highest BCUT2D eigenvalue weighted by Crippen LogP contribution is 2.45. The smallest absolute Gasteiger partial charge is 0.339 e. The highest BCUT2D eigenvalue weighted by Gasteiger charge is 2.32. The lowest BCUT2D eigenvalue weighted by Gasteiger charge is -2.23. The second kappa shape index (κ2) is 18.1. The van der Waals surface area contributed by atoms with E-state index in [4.69, 9.17) is 52.1 Å². The number of ketones is 1. The fraction of sp³-hybridized carbons (Fsp3) is 0.316. The van der Waals surface area contributed by atoms with Gasteiger partial charge >= 0.3 is 5.97 Å². The van der Waals surface area contributed by atoms with Gasteiger partial charge < -0.3 is 52.1 Å². The van der Waals surface area contributed by atoms with Crippen LogP contribution in [0.5, 0.6) is 57.5 Å². The summed E-state index contributed by atoms with van der Waals surface area (Å²) >= 11 is 3.61. The molecule has 14 heteroatoms. The zero-order valence-corrected chi connectivity index (χ0v) is 32.0. The quantitative estimate of drug-likeness (QED) is 0.0778. The van der Waals surface area contributed by atoms with Gasteiger partial charge in [0.25, 0.3) is 0 Å². The molecular formula is C38H41BrO13. The monoisotopic (exact) mass is 784 g/mol. The molecule has 4 rings (SSSR count). The fourth-order valence-corrected chi connectivity index (χ4v) is 5.99. The molecule has 0 amide bonds. The van der Waals surface area contributed by atoms with Gasteiger partial charge in [0.2, 0.25) is 17.3 Å². The predicted molar refractivity (Wildman–Crippen MR) is 194 cm³/mol. The van der Waals surface area contributed by atoms with Gasteiger partial charge in [0.15, 0.2) is 29.1 Å². The summed E-state index contributed by atoms with van der Waals surface area (Å²) in [7, 11) is 13.2. The Morgan fingerprint density at radius 3 is 1.48 bits per heavy atom. The molecule has 0 heterocycles. The number of Topliss-reactive ketones (excluding diaryl/α,β-unsaturated/α-hetero) is 1. The molecule has 0 N–H and O–H groups in total. The van der Waals surface area contributed by atoms with Gasteiger partial charge in [0.1, 0.15) is 34.1 Å². The average molecular weight is 786 g/mol. The molecule has 0 spiro atoms. The number of esters is 1.